The van der Waals surface area contributed by atoms with Crippen molar-refractivity contribution in [3.8, 4) is 5.75 Å². The molecule has 0 bridgehead atoms. The number of hydrogen-bond acceptors (Lipinski definition) is 8. The van der Waals surface area contributed by atoms with Gasteiger partial charge in [0.05, 0.1) is 10.9 Å². The Balaban J connectivity index is 1.89. The quantitative estimate of drug-likeness (QED) is 0.798. The van der Waals surface area contributed by atoms with Crippen LogP contribution in [-0.4, -0.2) is 42.3 Å². The van der Waals surface area contributed by atoms with Crippen molar-refractivity contribution in [2.45, 2.75) is 17.9 Å². The monoisotopic (exact) mass is 323 g/mol. The molecule has 2 aromatic rings. The van der Waals surface area contributed by atoms with Gasteiger partial charge in [-0.15, -0.1) is 0 Å². The van der Waals surface area contributed by atoms with Gasteiger partial charge in [0.15, 0.2) is 9.84 Å². The molecule has 0 saturated heterocycles. The van der Waals surface area contributed by atoms with Gasteiger partial charge in [0.1, 0.15) is 18.7 Å². The Hall–Kier alpha value is -2.42. The van der Waals surface area contributed by atoms with E-state index in [0.717, 1.165) is 6.26 Å². The highest BCUT2D eigenvalue weighted by molar-refractivity contribution is 7.90. The summed E-state index contributed by atoms with van der Waals surface area (Å²) in [4.78, 5) is 11.8. The molecule has 8 nitrogen and oxygen atoms in total. The SMILES string of the molecule is CC(COc1ccc(S(C)(=O)=O)cc1)Nc1ncnc(N)n1. The summed E-state index contributed by atoms with van der Waals surface area (Å²) in [5.41, 5.74) is 5.47. The maximum Gasteiger partial charge on any atom is 0.227 e. The number of nitrogen functional groups attached to an aromatic ring is 1. The minimum absolute atomic E-state index is 0.0728. The molecule has 1 unspecified atom stereocenters. The first kappa shape index (κ1) is 16.0. The summed E-state index contributed by atoms with van der Waals surface area (Å²) in [6.45, 7) is 2.24. The first-order chi connectivity index (χ1) is 10.3. The highest BCUT2D eigenvalue weighted by Gasteiger charge is 2.08. The Morgan fingerprint density at radius 3 is 2.55 bits per heavy atom. The maximum absolute atomic E-state index is 11.4. The van der Waals surface area contributed by atoms with Crippen molar-refractivity contribution >= 4 is 21.7 Å². The van der Waals surface area contributed by atoms with Crippen molar-refractivity contribution in [1.82, 2.24) is 15.0 Å². The number of hydrogen-bond donors (Lipinski definition) is 2. The third-order valence-corrected chi connectivity index (χ3v) is 3.85. The minimum atomic E-state index is -3.20. The van der Waals surface area contributed by atoms with Gasteiger partial charge in [-0.25, -0.2) is 18.4 Å². The second kappa shape index (κ2) is 6.56. The van der Waals surface area contributed by atoms with Crippen LogP contribution in [0.1, 0.15) is 6.92 Å². The molecule has 2 rings (SSSR count). The molecule has 1 aromatic carbocycles. The minimum Gasteiger partial charge on any atom is -0.491 e. The van der Waals surface area contributed by atoms with Gasteiger partial charge in [-0.05, 0) is 31.2 Å². The fourth-order valence-corrected chi connectivity index (χ4v) is 2.28. The summed E-state index contributed by atoms with van der Waals surface area (Å²) in [5.74, 6) is 1.09. The molecule has 118 valence electrons. The normalized spacial score (nSPS) is 12.6. The molecule has 0 aliphatic rings. The third kappa shape index (κ3) is 4.55. The molecule has 0 aliphatic carbocycles. The molecule has 0 radical (unpaired) electrons. The Bertz CT molecular complexity index is 734. The van der Waals surface area contributed by atoms with Crippen LogP contribution in [0.25, 0.3) is 0 Å². The molecular weight excluding hydrogens is 306 g/mol. The molecular formula is C13H17N5O3S. The van der Waals surface area contributed by atoms with Crippen LogP contribution in [0.15, 0.2) is 35.5 Å². The average Bonchev–Trinajstić information content (AvgIpc) is 2.45. The van der Waals surface area contributed by atoms with Crippen LogP contribution >= 0.6 is 0 Å². The second-order valence-electron chi connectivity index (χ2n) is 4.77. The van der Waals surface area contributed by atoms with Crippen LogP contribution in [0.5, 0.6) is 5.75 Å². The Morgan fingerprint density at radius 2 is 1.95 bits per heavy atom. The molecule has 1 aromatic heterocycles. The highest BCUT2D eigenvalue weighted by Crippen LogP contribution is 2.16. The van der Waals surface area contributed by atoms with Crippen LogP contribution in [0.2, 0.25) is 0 Å². The van der Waals surface area contributed by atoms with Crippen LogP contribution in [0.3, 0.4) is 0 Å². The van der Waals surface area contributed by atoms with E-state index in [1.807, 2.05) is 6.92 Å². The van der Waals surface area contributed by atoms with Crippen molar-refractivity contribution in [3.63, 3.8) is 0 Å². The van der Waals surface area contributed by atoms with E-state index in [-0.39, 0.29) is 16.9 Å². The van der Waals surface area contributed by atoms with E-state index in [0.29, 0.717) is 18.3 Å². The van der Waals surface area contributed by atoms with E-state index in [1.54, 1.807) is 12.1 Å². The molecule has 9 heteroatoms. The lowest BCUT2D eigenvalue weighted by atomic mass is 10.3. The first-order valence-electron chi connectivity index (χ1n) is 6.48. The van der Waals surface area contributed by atoms with Crippen LogP contribution in [0.4, 0.5) is 11.9 Å². The van der Waals surface area contributed by atoms with E-state index >= 15 is 0 Å². The fraction of sp³-hybridized carbons (Fsp3) is 0.308. The number of sulfone groups is 1. The third-order valence-electron chi connectivity index (χ3n) is 2.72. The van der Waals surface area contributed by atoms with E-state index in [2.05, 4.69) is 20.3 Å². The standard InChI is InChI=1S/C13H17N5O3S/c1-9(17-13-16-8-15-12(14)18-13)7-21-10-3-5-11(6-4-10)22(2,19)20/h3-6,8-9H,7H2,1-2H3,(H3,14,15,16,17,18). The van der Waals surface area contributed by atoms with Gasteiger partial charge in [-0.1, -0.05) is 0 Å². The Kier molecular flexibility index (Phi) is 4.76. The second-order valence-corrected chi connectivity index (χ2v) is 6.78. The van der Waals surface area contributed by atoms with Gasteiger partial charge in [-0.2, -0.15) is 4.98 Å². The number of nitrogens with zero attached hydrogens (tertiary/aromatic N) is 3. The number of aromatic nitrogens is 3. The molecule has 0 spiro atoms. The lowest BCUT2D eigenvalue weighted by Gasteiger charge is -2.15. The molecule has 0 saturated carbocycles. The van der Waals surface area contributed by atoms with Crippen molar-refractivity contribution in [3.05, 3.63) is 30.6 Å². The number of nitrogens with one attached hydrogen (secondary N) is 1. The predicted octanol–water partition coefficient (Wildman–Crippen LogP) is 0.737. The van der Waals surface area contributed by atoms with Gasteiger partial charge in [0, 0.05) is 6.26 Å². The van der Waals surface area contributed by atoms with Crippen LogP contribution in [-0.2, 0) is 9.84 Å². The van der Waals surface area contributed by atoms with Crippen molar-refractivity contribution < 1.29 is 13.2 Å². The van der Waals surface area contributed by atoms with Crippen LogP contribution < -0.4 is 15.8 Å². The topological polar surface area (TPSA) is 120 Å². The molecule has 0 aliphatic heterocycles. The lowest BCUT2D eigenvalue weighted by molar-refractivity contribution is 0.303. The number of nitrogens with two attached hydrogens (primary N) is 1. The first-order valence-corrected chi connectivity index (χ1v) is 8.38. The molecule has 0 fully saturated rings. The number of benzene rings is 1. The smallest absolute Gasteiger partial charge is 0.227 e. The zero-order valence-corrected chi connectivity index (χ0v) is 13.0. The molecule has 0 amide bonds. The average molecular weight is 323 g/mol. The Morgan fingerprint density at radius 1 is 1.27 bits per heavy atom. The van der Waals surface area contributed by atoms with Crippen molar-refractivity contribution in [2.75, 3.05) is 23.9 Å². The lowest BCUT2D eigenvalue weighted by Crippen LogP contribution is -2.24. The van der Waals surface area contributed by atoms with E-state index in [9.17, 15) is 8.42 Å². The van der Waals surface area contributed by atoms with E-state index in [1.165, 1.54) is 18.5 Å². The number of anilines is 2. The summed E-state index contributed by atoms with van der Waals surface area (Å²) in [7, 11) is -3.20. The van der Waals surface area contributed by atoms with Gasteiger partial charge in [0.25, 0.3) is 0 Å². The van der Waals surface area contributed by atoms with Crippen LogP contribution in [0, 0.1) is 0 Å². The van der Waals surface area contributed by atoms with E-state index < -0.39 is 9.84 Å². The predicted molar refractivity (Wildman–Crippen MR) is 82.4 cm³/mol. The maximum atomic E-state index is 11.4. The number of ether oxygens (including phenoxy) is 1. The number of rotatable bonds is 6. The largest absolute Gasteiger partial charge is 0.491 e. The molecule has 1 heterocycles. The fourth-order valence-electron chi connectivity index (χ4n) is 1.64. The summed E-state index contributed by atoms with van der Waals surface area (Å²) >= 11 is 0. The van der Waals surface area contributed by atoms with Crippen molar-refractivity contribution in [1.29, 1.82) is 0 Å². The highest BCUT2D eigenvalue weighted by atomic mass is 32.2. The van der Waals surface area contributed by atoms with Crippen molar-refractivity contribution in [2.24, 2.45) is 0 Å². The van der Waals surface area contributed by atoms with Gasteiger partial charge >= 0.3 is 0 Å². The van der Waals surface area contributed by atoms with Gasteiger partial charge in [-0.3, -0.25) is 0 Å². The molecule has 22 heavy (non-hydrogen) atoms. The summed E-state index contributed by atoms with van der Waals surface area (Å²) in [6, 6.07) is 6.18. The summed E-state index contributed by atoms with van der Waals surface area (Å²) in [5, 5.41) is 3.03. The Labute approximate surface area is 128 Å². The summed E-state index contributed by atoms with van der Waals surface area (Å²) < 4.78 is 28.3. The zero-order chi connectivity index (χ0) is 16.2. The summed E-state index contributed by atoms with van der Waals surface area (Å²) in [6.07, 6.45) is 2.48. The van der Waals surface area contributed by atoms with Gasteiger partial charge < -0.3 is 15.8 Å². The zero-order valence-electron chi connectivity index (χ0n) is 12.2. The molecule has 3 N–H and O–H groups in total. The van der Waals surface area contributed by atoms with Gasteiger partial charge in [0.2, 0.25) is 11.9 Å². The molecule has 1 atom stereocenters. The van der Waals surface area contributed by atoms with E-state index in [4.69, 9.17) is 10.5 Å².